The van der Waals surface area contributed by atoms with Crippen LogP contribution >= 0.6 is 0 Å². The molecule has 3 aromatic rings. The van der Waals surface area contributed by atoms with Crippen molar-refractivity contribution in [2.75, 3.05) is 32.6 Å². The van der Waals surface area contributed by atoms with Gasteiger partial charge < -0.3 is 25.4 Å². The van der Waals surface area contributed by atoms with Crippen LogP contribution in [0.15, 0.2) is 42.5 Å². The Balaban J connectivity index is 1.40. The molecule has 3 unspecified atom stereocenters. The number of nitrogens with zero attached hydrogens (tertiary/aromatic N) is 2. The second-order valence-corrected chi connectivity index (χ2v) is 9.52. The Morgan fingerprint density at radius 2 is 1.95 bits per heavy atom. The lowest BCUT2D eigenvalue weighted by Gasteiger charge is -2.32. The normalized spacial score (nSPS) is 20.9. The first kappa shape index (κ1) is 25.9. The maximum atomic E-state index is 15.2. The Hall–Kier alpha value is -3.73. The van der Waals surface area contributed by atoms with Crippen molar-refractivity contribution >= 4 is 11.7 Å². The number of benzene rings is 2. The molecule has 1 amide bonds. The van der Waals surface area contributed by atoms with Crippen molar-refractivity contribution < 1.29 is 27.4 Å². The number of hydrogen-bond donors (Lipinski definition) is 3. The molecule has 11 heteroatoms. The number of amides is 1. The van der Waals surface area contributed by atoms with Crippen LogP contribution < -0.4 is 25.4 Å². The van der Waals surface area contributed by atoms with Crippen molar-refractivity contribution in [1.82, 2.24) is 20.4 Å². The molecule has 3 heterocycles. The van der Waals surface area contributed by atoms with Gasteiger partial charge in [-0.15, -0.1) is 0 Å². The Labute approximate surface area is 218 Å². The highest BCUT2D eigenvalue weighted by molar-refractivity contribution is 5.95. The summed E-state index contributed by atoms with van der Waals surface area (Å²) in [6, 6.07) is 9.29. The average Bonchev–Trinajstić information content (AvgIpc) is 3.36. The van der Waals surface area contributed by atoms with Crippen LogP contribution in [0, 0.1) is 5.82 Å². The van der Waals surface area contributed by atoms with Crippen LogP contribution in [0.1, 0.15) is 47.3 Å². The van der Waals surface area contributed by atoms with Gasteiger partial charge in [-0.2, -0.15) is 5.10 Å². The highest BCUT2D eigenvalue weighted by atomic mass is 19.3. The smallest absolute Gasteiger partial charge is 0.260 e. The summed E-state index contributed by atoms with van der Waals surface area (Å²) in [6.07, 6.45) is -0.790. The maximum Gasteiger partial charge on any atom is 0.260 e. The number of fused-ring (bicyclic) bond motifs is 1. The molecule has 2 aliphatic rings. The predicted octanol–water partition coefficient (Wildman–Crippen LogP) is 4.55. The molecule has 1 fully saturated rings. The lowest BCUT2D eigenvalue weighted by molar-refractivity contribution is 0.0659. The van der Waals surface area contributed by atoms with Crippen LogP contribution in [0.5, 0.6) is 11.5 Å². The van der Waals surface area contributed by atoms with E-state index in [2.05, 4.69) is 21.0 Å². The Kier molecular flexibility index (Phi) is 7.46. The van der Waals surface area contributed by atoms with E-state index in [9.17, 15) is 13.6 Å². The minimum atomic E-state index is -2.68. The fourth-order valence-corrected chi connectivity index (χ4v) is 5.07. The van der Waals surface area contributed by atoms with Crippen molar-refractivity contribution in [1.29, 1.82) is 0 Å². The van der Waals surface area contributed by atoms with Gasteiger partial charge in [0.1, 0.15) is 17.7 Å². The molecular weight excluding hydrogens is 499 g/mol. The van der Waals surface area contributed by atoms with Crippen LogP contribution in [-0.4, -0.2) is 55.5 Å². The minimum Gasteiger partial charge on any atom is -0.493 e. The minimum absolute atomic E-state index is 0.00479. The van der Waals surface area contributed by atoms with E-state index in [1.165, 1.54) is 31.0 Å². The first-order valence-electron chi connectivity index (χ1n) is 12.6. The number of ether oxygens (including phenoxy) is 2. The fraction of sp³-hybridized carbons (Fsp3) is 0.407. The highest BCUT2D eigenvalue weighted by Gasteiger charge is 2.35. The van der Waals surface area contributed by atoms with E-state index in [0.29, 0.717) is 23.9 Å². The molecule has 38 heavy (non-hydrogen) atoms. The van der Waals surface area contributed by atoms with Crippen LogP contribution in [-0.2, 0) is 0 Å². The molecule has 0 saturated carbocycles. The van der Waals surface area contributed by atoms with E-state index in [1.54, 1.807) is 24.3 Å². The molecule has 5 rings (SSSR count). The molecule has 0 aliphatic carbocycles. The average molecular weight is 530 g/mol. The second-order valence-electron chi connectivity index (χ2n) is 9.52. The summed E-state index contributed by atoms with van der Waals surface area (Å²) in [5.74, 6) is 0.367. The van der Waals surface area contributed by atoms with Crippen LogP contribution in [0.2, 0.25) is 0 Å². The molecule has 3 atom stereocenters. The van der Waals surface area contributed by atoms with Crippen LogP contribution in [0.4, 0.5) is 19.0 Å². The van der Waals surface area contributed by atoms with Gasteiger partial charge in [0.25, 0.3) is 12.3 Å². The van der Waals surface area contributed by atoms with Crippen molar-refractivity contribution in [3.05, 3.63) is 59.4 Å². The first-order chi connectivity index (χ1) is 18.4. The molecule has 2 aromatic carbocycles. The summed E-state index contributed by atoms with van der Waals surface area (Å²) in [5, 5.41) is 13.7. The first-order valence-corrected chi connectivity index (χ1v) is 12.6. The van der Waals surface area contributed by atoms with Gasteiger partial charge in [0.2, 0.25) is 0 Å². The van der Waals surface area contributed by atoms with Crippen LogP contribution in [0.3, 0.4) is 0 Å². The summed E-state index contributed by atoms with van der Waals surface area (Å²) >= 11 is 0. The standard InChI is InChI=1S/C27H30F3N5O3/c1-37-23-8-6-15(11-24(23)38-2)20-12-22(26(29)30)35-25(33-20)13-21(34-35)18-7-5-16(10-19(18)28)27(36)32-17-4-3-9-31-14-17/h5-8,10-11,13,17,20,22,26,31,33H,3-4,9,12,14H2,1-2H3,(H,32,36). The predicted molar refractivity (Wildman–Crippen MR) is 137 cm³/mol. The zero-order chi connectivity index (χ0) is 26.8. The van der Waals surface area contributed by atoms with Crippen molar-refractivity contribution in [2.24, 2.45) is 0 Å². The summed E-state index contributed by atoms with van der Waals surface area (Å²) in [6.45, 7) is 1.59. The zero-order valence-electron chi connectivity index (χ0n) is 21.1. The quantitative estimate of drug-likeness (QED) is 0.416. The molecule has 1 saturated heterocycles. The van der Waals surface area contributed by atoms with Gasteiger partial charge in [-0.3, -0.25) is 4.79 Å². The number of methoxy groups -OCH3 is 2. The number of carbonyl (C=O) groups excluding carboxylic acids is 1. The number of hydrogen-bond acceptors (Lipinski definition) is 6. The summed E-state index contributed by atoms with van der Waals surface area (Å²) in [5.41, 5.74) is 1.27. The number of nitrogens with one attached hydrogen (secondary N) is 3. The number of rotatable bonds is 7. The molecule has 2 aliphatic heterocycles. The summed E-state index contributed by atoms with van der Waals surface area (Å²) in [7, 11) is 3.03. The fourth-order valence-electron chi connectivity index (χ4n) is 5.07. The highest BCUT2D eigenvalue weighted by Crippen LogP contribution is 2.41. The largest absolute Gasteiger partial charge is 0.493 e. The molecular formula is C27H30F3N5O3. The number of aromatic nitrogens is 2. The van der Waals surface area contributed by atoms with Gasteiger partial charge in [-0.05, 0) is 61.7 Å². The summed E-state index contributed by atoms with van der Waals surface area (Å²) in [4.78, 5) is 12.6. The number of anilines is 1. The molecule has 1 aromatic heterocycles. The van der Waals surface area contributed by atoms with Gasteiger partial charge in [0.05, 0.1) is 26.0 Å². The number of alkyl halides is 2. The number of piperidine rings is 1. The van der Waals surface area contributed by atoms with Crippen molar-refractivity contribution in [2.45, 2.75) is 43.8 Å². The monoisotopic (exact) mass is 529 g/mol. The Morgan fingerprint density at radius 1 is 1.13 bits per heavy atom. The van der Waals surface area contributed by atoms with Crippen molar-refractivity contribution in [3.8, 4) is 22.8 Å². The van der Waals surface area contributed by atoms with Gasteiger partial charge >= 0.3 is 0 Å². The number of carbonyl (C=O) groups is 1. The van der Waals surface area contributed by atoms with Gasteiger partial charge in [0.15, 0.2) is 11.5 Å². The van der Waals surface area contributed by atoms with Gasteiger partial charge in [-0.25, -0.2) is 17.9 Å². The van der Waals surface area contributed by atoms with Gasteiger partial charge in [0, 0.05) is 29.8 Å². The summed E-state index contributed by atoms with van der Waals surface area (Å²) < 4.78 is 55.3. The molecule has 202 valence electrons. The third-order valence-electron chi connectivity index (χ3n) is 7.09. The van der Waals surface area contributed by atoms with Crippen molar-refractivity contribution in [3.63, 3.8) is 0 Å². The second kappa shape index (κ2) is 10.9. The Bertz CT molecular complexity index is 1310. The van der Waals surface area contributed by atoms with E-state index >= 15 is 4.39 Å². The SMILES string of the molecule is COc1ccc(C2CC(C(F)F)n3nc(-c4ccc(C(=O)NC5CCCNC5)cc4F)cc3N2)cc1OC. The van der Waals surface area contributed by atoms with E-state index in [4.69, 9.17) is 9.47 Å². The molecule has 8 nitrogen and oxygen atoms in total. The van der Waals surface area contributed by atoms with Gasteiger partial charge in [-0.1, -0.05) is 6.07 Å². The third kappa shape index (κ3) is 5.15. The molecule has 3 N–H and O–H groups in total. The lowest BCUT2D eigenvalue weighted by Crippen LogP contribution is -2.45. The van der Waals surface area contributed by atoms with E-state index in [-0.39, 0.29) is 35.2 Å². The van der Waals surface area contributed by atoms with E-state index in [0.717, 1.165) is 31.0 Å². The molecule has 0 bridgehead atoms. The number of halogens is 3. The van der Waals surface area contributed by atoms with Crippen LogP contribution in [0.25, 0.3) is 11.3 Å². The van der Waals surface area contributed by atoms with E-state index in [1.807, 2.05) is 0 Å². The lowest BCUT2D eigenvalue weighted by atomic mass is 9.97. The Morgan fingerprint density at radius 3 is 2.63 bits per heavy atom. The maximum absolute atomic E-state index is 15.2. The van der Waals surface area contributed by atoms with E-state index < -0.39 is 24.3 Å². The molecule has 0 spiro atoms. The third-order valence-corrected chi connectivity index (χ3v) is 7.09. The topological polar surface area (TPSA) is 89.4 Å². The molecule has 0 radical (unpaired) electrons. The zero-order valence-corrected chi connectivity index (χ0v) is 21.1.